The van der Waals surface area contributed by atoms with Crippen molar-refractivity contribution in [3.8, 4) is 0 Å². The molecule has 0 spiro atoms. The summed E-state index contributed by atoms with van der Waals surface area (Å²) in [5.41, 5.74) is 4.00. The largest absolute Gasteiger partial charge is 0.315 e. The van der Waals surface area contributed by atoms with Gasteiger partial charge in [-0.2, -0.15) is 0 Å². The molecule has 2 heterocycles. The zero-order valence-corrected chi connectivity index (χ0v) is 13.8. The first-order valence-corrected chi connectivity index (χ1v) is 7.39. The molecular weight excluding hydrogens is 260 g/mol. The molecule has 0 aliphatic carbocycles. The molecule has 2 aromatic heterocycles. The van der Waals surface area contributed by atoms with Crippen LogP contribution in [0.25, 0.3) is 0 Å². The average Bonchev–Trinajstić information content (AvgIpc) is 2.41. The topological polar surface area (TPSA) is 34.9 Å². The van der Waals surface area contributed by atoms with Crippen LogP contribution >= 0.6 is 0 Å². The molecule has 0 aromatic carbocycles. The molecule has 0 amide bonds. The van der Waals surface area contributed by atoms with Gasteiger partial charge in [-0.15, -0.1) is 0 Å². The minimum atomic E-state index is -0.310. The smallest absolute Gasteiger partial charge is 0.250 e. The summed E-state index contributed by atoms with van der Waals surface area (Å²) in [7, 11) is 1.81. The number of pyridine rings is 2. The van der Waals surface area contributed by atoms with Crippen LogP contribution in [0.2, 0.25) is 0 Å². The lowest BCUT2D eigenvalue weighted by Gasteiger charge is -2.27. The Morgan fingerprint density at radius 3 is 2.38 bits per heavy atom. The summed E-state index contributed by atoms with van der Waals surface area (Å²) in [5.74, 6) is 0.468. The van der Waals surface area contributed by atoms with Gasteiger partial charge in [0.1, 0.15) is 0 Å². The fraction of sp³-hybridized carbons (Fsp3) is 0.444. The van der Waals surface area contributed by atoms with Crippen molar-refractivity contribution in [1.29, 1.82) is 0 Å². The number of hydrogen-bond donors (Lipinski definition) is 0. The standard InChI is InChI=1S/C18H24N2O/c1-12(2)14-10-11-15(19-13(14)3)18(4,5)16-8-7-9-17(21)20(16)6/h7-12H,1-6H3. The minimum absolute atomic E-state index is 0.0103. The molecule has 0 fully saturated rings. The van der Waals surface area contributed by atoms with E-state index in [1.165, 1.54) is 5.56 Å². The van der Waals surface area contributed by atoms with Gasteiger partial charge in [-0.3, -0.25) is 9.78 Å². The summed E-state index contributed by atoms with van der Waals surface area (Å²) in [6.45, 7) is 10.6. The van der Waals surface area contributed by atoms with Crippen molar-refractivity contribution in [2.45, 2.75) is 46.0 Å². The molecular formula is C18H24N2O. The third-order valence-electron chi connectivity index (χ3n) is 4.21. The molecule has 0 unspecified atom stereocenters. The first kappa shape index (κ1) is 15.5. The Hall–Kier alpha value is -1.90. The SMILES string of the molecule is Cc1nc(C(C)(C)c2cccc(=O)n2C)ccc1C(C)C. The van der Waals surface area contributed by atoms with Gasteiger partial charge in [-0.25, -0.2) is 0 Å². The summed E-state index contributed by atoms with van der Waals surface area (Å²) in [5, 5.41) is 0. The number of hydrogen-bond acceptors (Lipinski definition) is 2. The normalized spacial score (nSPS) is 12.0. The van der Waals surface area contributed by atoms with Crippen molar-refractivity contribution in [3.63, 3.8) is 0 Å². The van der Waals surface area contributed by atoms with Crippen LogP contribution in [-0.2, 0) is 12.5 Å². The van der Waals surface area contributed by atoms with Gasteiger partial charge in [0.15, 0.2) is 0 Å². The Morgan fingerprint density at radius 1 is 1.14 bits per heavy atom. The second-order valence-corrected chi connectivity index (χ2v) is 6.46. The summed E-state index contributed by atoms with van der Waals surface area (Å²) >= 11 is 0. The van der Waals surface area contributed by atoms with Crippen LogP contribution in [0.3, 0.4) is 0 Å². The van der Waals surface area contributed by atoms with Gasteiger partial charge in [0.2, 0.25) is 5.56 Å². The fourth-order valence-corrected chi connectivity index (χ4v) is 2.85. The molecule has 0 aliphatic heterocycles. The molecule has 0 bridgehead atoms. The summed E-state index contributed by atoms with van der Waals surface area (Å²) in [6, 6.07) is 9.63. The van der Waals surface area contributed by atoms with Gasteiger partial charge in [0.25, 0.3) is 0 Å². The summed E-state index contributed by atoms with van der Waals surface area (Å²) < 4.78 is 1.70. The molecule has 0 aliphatic rings. The van der Waals surface area contributed by atoms with Gasteiger partial charge in [-0.05, 0) is 44.4 Å². The maximum absolute atomic E-state index is 11.9. The molecule has 0 N–H and O–H groups in total. The van der Waals surface area contributed by atoms with Crippen LogP contribution in [0, 0.1) is 6.92 Å². The van der Waals surface area contributed by atoms with Crippen molar-refractivity contribution in [2.75, 3.05) is 0 Å². The van der Waals surface area contributed by atoms with Crippen LogP contribution in [0.4, 0.5) is 0 Å². The Morgan fingerprint density at radius 2 is 1.81 bits per heavy atom. The number of aromatic nitrogens is 2. The molecule has 3 heteroatoms. The molecule has 112 valence electrons. The van der Waals surface area contributed by atoms with Crippen LogP contribution in [0.15, 0.2) is 35.1 Å². The van der Waals surface area contributed by atoms with Crippen LogP contribution in [-0.4, -0.2) is 9.55 Å². The van der Waals surface area contributed by atoms with Crippen molar-refractivity contribution in [2.24, 2.45) is 7.05 Å². The van der Waals surface area contributed by atoms with E-state index in [2.05, 4.69) is 46.8 Å². The van der Waals surface area contributed by atoms with Gasteiger partial charge < -0.3 is 4.57 Å². The minimum Gasteiger partial charge on any atom is -0.315 e. The molecule has 0 atom stereocenters. The predicted octanol–water partition coefficient (Wildman–Crippen LogP) is 3.54. The van der Waals surface area contributed by atoms with Gasteiger partial charge >= 0.3 is 0 Å². The molecule has 21 heavy (non-hydrogen) atoms. The Bertz CT molecular complexity index is 711. The summed E-state index contributed by atoms with van der Waals surface area (Å²) in [6.07, 6.45) is 0. The monoisotopic (exact) mass is 284 g/mol. The first-order valence-electron chi connectivity index (χ1n) is 7.39. The van der Waals surface area contributed by atoms with E-state index in [1.807, 2.05) is 19.2 Å². The van der Waals surface area contributed by atoms with Crippen LogP contribution in [0.5, 0.6) is 0 Å². The average molecular weight is 284 g/mol. The van der Waals surface area contributed by atoms with Crippen LogP contribution < -0.4 is 5.56 Å². The quantitative estimate of drug-likeness (QED) is 0.864. The zero-order chi connectivity index (χ0) is 15.8. The lowest BCUT2D eigenvalue weighted by atomic mass is 9.83. The third-order valence-corrected chi connectivity index (χ3v) is 4.21. The van der Waals surface area contributed by atoms with E-state index < -0.39 is 0 Å². The van der Waals surface area contributed by atoms with E-state index in [-0.39, 0.29) is 11.0 Å². The lowest BCUT2D eigenvalue weighted by Crippen LogP contribution is -2.30. The van der Waals surface area contributed by atoms with E-state index >= 15 is 0 Å². The van der Waals surface area contributed by atoms with Gasteiger partial charge in [-0.1, -0.05) is 26.0 Å². The van der Waals surface area contributed by atoms with E-state index in [4.69, 9.17) is 4.98 Å². The van der Waals surface area contributed by atoms with Crippen molar-refractivity contribution < 1.29 is 0 Å². The maximum atomic E-state index is 11.9. The number of nitrogens with zero attached hydrogens (tertiary/aromatic N) is 2. The van der Waals surface area contributed by atoms with Crippen molar-refractivity contribution >= 4 is 0 Å². The Kier molecular flexibility index (Phi) is 4.04. The molecule has 0 radical (unpaired) electrons. The Labute approximate surface area is 126 Å². The molecule has 2 rings (SSSR count). The highest BCUT2D eigenvalue weighted by molar-refractivity contribution is 5.34. The van der Waals surface area contributed by atoms with E-state index in [0.717, 1.165) is 17.1 Å². The highest BCUT2D eigenvalue weighted by Gasteiger charge is 2.27. The van der Waals surface area contributed by atoms with E-state index in [0.29, 0.717) is 5.92 Å². The van der Waals surface area contributed by atoms with Gasteiger partial charge in [0, 0.05) is 29.9 Å². The predicted molar refractivity (Wildman–Crippen MR) is 86.9 cm³/mol. The van der Waals surface area contributed by atoms with E-state index in [1.54, 1.807) is 10.6 Å². The van der Waals surface area contributed by atoms with Crippen LogP contribution in [0.1, 0.15) is 56.3 Å². The van der Waals surface area contributed by atoms with Crippen molar-refractivity contribution in [3.05, 3.63) is 63.3 Å². The fourth-order valence-electron chi connectivity index (χ4n) is 2.85. The maximum Gasteiger partial charge on any atom is 0.250 e. The number of rotatable bonds is 3. The molecule has 0 saturated heterocycles. The van der Waals surface area contributed by atoms with Gasteiger partial charge in [0.05, 0.1) is 5.69 Å². The lowest BCUT2D eigenvalue weighted by molar-refractivity contribution is 0.551. The highest BCUT2D eigenvalue weighted by Crippen LogP contribution is 2.30. The molecule has 3 nitrogen and oxygen atoms in total. The first-order chi connectivity index (χ1) is 9.75. The third kappa shape index (κ3) is 2.78. The zero-order valence-electron chi connectivity index (χ0n) is 13.8. The van der Waals surface area contributed by atoms with Crippen molar-refractivity contribution in [1.82, 2.24) is 9.55 Å². The Balaban J connectivity index is 2.56. The second kappa shape index (κ2) is 5.47. The summed E-state index contributed by atoms with van der Waals surface area (Å²) in [4.78, 5) is 16.7. The molecule has 0 saturated carbocycles. The second-order valence-electron chi connectivity index (χ2n) is 6.46. The molecule has 2 aromatic rings. The highest BCUT2D eigenvalue weighted by atomic mass is 16.1. The number of aryl methyl sites for hydroxylation is 1. The van der Waals surface area contributed by atoms with E-state index in [9.17, 15) is 4.79 Å².